The summed E-state index contributed by atoms with van der Waals surface area (Å²) in [7, 11) is -9.93. The van der Waals surface area contributed by atoms with Gasteiger partial charge in [0.05, 0.1) is 26.4 Å². The van der Waals surface area contributed by atoms with Crippen LogP contribution < -0.4 is 0 Å². The maximum Gasteiger partial charge on any atom is 0.472 e. The standard InChI is InChI=1S/C81H154O17P2/c1-7-9-11-13-15-17-19-21-23-24-25-27-31-36-40-48-54-60-66-80(85)97-76(69-91-78(83)63-57-51-45-38-34-32-28-29-33-37-43-49-55-61-73(3)4)71-95-99(87,88)93-67-75(82)68-94-100(89,90)96-72-77(70-92-79(84)64-58-52-46-42-41-44-50-56-62-74(5)6)98-81(86)65-59-53-47-39-35-30-26-22-20-18-16-14-12-10-8-2/h18,20,22,26,73-77,82H,7-17,19,21,23-25,27-72H2,1-6H3,(H,87,88)(H,89,90)/b20-18-,26-22-/t75-,76-,77-/m1/s1. The Labute approximate surface area is 612 Å². The molecular formula is C81H154O17P2. The molecule has 100 heavy (non-hydrogen) atoms. The fourth-order valence-electron chi connectivity index (χ4n) is 12.0. The molecule has 590 valence electrons. The van der Waals surface area contributed by atoms with E-state index in [1.807, 2.05) is 0 Å². The highest BCUT2D eigenvalue weighted by atomic mass is 31.2. The predicted octanol–water partition coefficient (Wildman–Crippen LogP) is 23.8. The lowest BCUT2D eigenvalue weighted by Gasteiger charge is -2.21. The molecule has 0 bridgehead atoms. The summed E-state index contributed by atoms with van der Waals surface area (Å²) in [5.41, 5.74) is 0. The van der Waals surface area contributed by atoms with Gasteiger partial charge in [0.25, 0.3) is 0 Å². The molecule has 0 saturated heterocycles. The second-order valence-electron chi connectivity index (χ2n) is 29.4. The molecular weight excluding hydrogens is 1310 g/mol. The van der Waals surface area contributed by atoms with Crippen molar-refractivity contribution in [2.24, 2.45) is 11.8 Å². The number of phosphoric acid groups is 2. The molecule has 3 N–H and O–H groups in total. The van der Waals surface area contributed by atoms with Gasteiger partial charge in [-0.05, 0) is 63.2 Å². The largest absolute Gasteiger partial charge is 0.472 e. The van der Waals surface area contributed by atoms with Crippen LogP contribution in [0.5, 0.6) is 0 Å². The fourth-order valence-corrected chi connectivity index (χ4v) is 13.6. The summed E-state index contributed by atoms with van der Waals surface area (Å²) in [5, 5.41) is 10.6. The maximum atomic E-state index is 13.1. The molecule has 0 heterocycles. The van der Waals surface area contributed by atoms with Gasteiger partial charge < -0.3 is 33.8 Å². The normalized spacial score (nSPS) is 14.1. The Morgan fingerprint density at radius 1 is 0.310 bits per heavy atom. The zero-order valence-electron chi connectivity index (χ0n) is 65.0. The van der Waals surface area contributed by atoms with E-state index in [-0.39, 0.29) is 25.7 Å². The third-order valence-electron chi connectivity index (χ3n) is 18.3. The Bertz CT molecular complexity index is 2020. The molecule has 0 saturated carbocycles. The summed E-state index contributed by atoms with van der Waals surface area (Å²) in [5.74, 6) is -0.626. The van der Waals surface area contributed by atoms with Crippen LogP contribution in [0.4, 0.5) is 0 Å². The van der Waals surface area contributed by atoms with Gasteiger partial charge in [-0.2, -0.15) is 0 Å². The van der Waals surface area contributed by atoms with Gasteiger partial charge in [0.2, 0.25) is 0 Å². The monoisotopic (exact) mass is 1460 g/mol. The molecule has 5 atom stereocenters. The minimum atomic E-state index is -4.97. The highest BCUT2D eigenvalue weighted by Gasteiger charge is 2.30. The van der Waals surface area contributed by atoms with Crippen LogP contribution in [0.15, 0.2) is 24.3 Å². The average molecular weight is 1460 g/mol. The first-order chi connectivity index (χ1) is 48.4. The van der Waals surface area contributed by atoms with Gasteiger partial charge in [-0.15, -0.1) is 0 Å². The number of carbonyl (C=O) groups is 4. The topological polar surface area (TPSA) is 237 Å². The SMILES string of the molecule is CCCCCC/C=C\C=C/CCCCCCCC(=O)O[C@H](COC(=O)CCCCCCCCCCC(C)C)COP(=O)(O)OC[C@H](O)COP(=O)(O)OC[C@@H](COC(=O)CCCCCCCCCCCCCCCC(C)C)OC(=O)CCCCCCCCCCCCCCCCCCCC. The molecule has 0 aliphatic carbocycles. The fraction of sp³-hybridized carbons (Fsp3) is 0.901. The molecule has 0 aromatic carbocycles. The number of esters is 4. The number of allylic oxidation sites excluding steroid dienone is 4. The van der Waals surface area contributed by atoms with E-state index < -0.39 is 97.5 Å². The number of phosphoric ester groups is 2. The molecule has 0 aliphatic heterocycles. The number of carbonyl (C=O) groups excluding carboxylic acids is 4. The van der Waals surface area contributed by atoms with Crippen molar-refractivity contribution in [3.05, 3.63) is 24.3 Å². The lowest BCUT2D eigenvalue weighted by atomic mass is 10.0. The molecule has 17 nitrogen and oxygen atoms in total. The van der Waals surface area contributed by atoms with Crippen LogP contribution >= 0.6 is 15.6 Å². The van der Waals surface area contributed by atoms with Gasteiger partial charge >= 0.3 is 39.5 Å². The second kappa shape index (κ2) is 72.1. The summed E-state index contributed by atoms with van der Waals surface area (Å²) in [6, 6.07) is 0. The third kappa shape index (κ3) is 73.8. The van der Waals surface area contributed by atoms with Gasteiger partial charge in [0.15, 0.2) is 12.2 Å². The van der Waals surface area contributed by atoms with Crippen LogP contribution in [0, 0.1) is 11.8 Å². The molecule has 19 heteroatoms. The van der Waals surface area contributed by atoms with Crippen molar-refractivity contribution in [3.63, 3.8) is 0 Å². The lowest BCUT2D eigenvalue weighted by Crippen LogP contribution is -2.30. The number of ether oxygens (including phenoxy) is 4. The van der Waals surface area contributed by atoms with Crippen LogP contribution in [0.3, 0.4) is 0 Å². The van der Waals surface area contributed by atoms with Gasteiger partial charge in [-0.1, -0.05) is 348 Å². The minimum Gasteiger partial charge on any atom is -0.462 e. The van der Waals surface area contributed by atoms with Crippen molar-refractivity contribution in [2.75, 3.05) is 39.6 Å². The summed E-state index contributed by atoms with van der Waals surface area (Å²) in [6.07, 6.45) is 64.6. The Morgan fingerprint density at radius 3 is 0.820 bits per heavy atom. The number of aliphatic hydroxyl groups excluding tert-OH is 1. The Balaban J connectivity index is 5.29. The van der Waals surface area contributed by atoms with Gasteiger partial charge in [0, 0.05) is 25.7 Å². The quantitative estimate of drug-likeness (QED) is 0.0169. The van der Waals surface area contributed by atoms with Gasteiger partial charge in [-0.25, -0.2) is 9.13 Å². The number of rotatable bonds is 78. The van der Waals surface area contributed by atoms with Crippen LogP contribution in [0.25, 0.3) is 0 Å². The van der Waals surface area contributed by atoms with E-state index in [2.05, 4.69) is 65.8 Å². The zero-order valence-corrected chi connectivity index (χ0v) is 66.8. The Morgan fingerprint density at radius 2 is 0.540 bits per heavy atom. The van der Waals surface area contributed by atoms with Crippen molar-refractivity contribution in [1.82, 2.24) is 0 Å². The summed E-state index contributed by atoms with van der Waals surface area (Å²) in [4.78, 5) is 73.0. The molecule has 0 aromatic rings. The van der Waals surface area contributed by atoms with Gasteiger partial charge in [-0.3, -0.25) is 37.3 Å². The molecule has 0 amide bonds. The second-order valence-corrected chi connectivity index (χ2v) is 32.3. The lowest BCUT2D eigenvalue weighted by molar-refractivity contribution is -0.161. The predicted molar refractivity (Wildman–Crippen MR) is 409 cm³/mol. The first kappa shape index (κ1) is 97.5. The van der Waals surface area contributed by atoms with E-state index in [0.29, 0.717) is 25.7 Å². The molecule has 0 aromatic heterocycles. The van der Waals surface area contributed by atoms with E-state index in [0.717, 1.165) is 121 Å². The van der Waals surface area contributed by atoms with Crippen LogP contribution in [-0.2, 0) is 65.4 Å². The van der Waals surface area contributed by atoms with Crippen molar-refractivity contribution in [3.8, 4) is 0 Å². The molecule has 0 radical (unpaired) electrons. The van der Waals surface area contributed by atoms with E-state index in [1.54, 1.807) is 0 Å². The average Bonchev–Trinajstić information content (AvgIpc) is 0.933. The van der Waals surface area contributed by atoms with E-state index in [4.69, 9.17) is 37.0 Å². The maximum absolute atomic E-state index is 13.1. The number of hydrogen-bond donors (Lipinski definition) is 3. The highest BCUT2D eigenvalue weighted by molar-refractivity contribution is 7.47. The molecule has 0 spiro atoms. The van der Waals surface area contributed by atoms with Crippen LogP contribution in [0.2, 0.25) is 0 Å². The van der Waals surface area contributed by atoms with Crippen molar-refractivity contribution in [2.45, 2.75) is 419 Å². The molecule has 2 unspecified atom stereocenters. The van der Waals surface area contributed by atoms with Crippen molar-refractivity contribution >= 4 is 39.5 Å². The summed E-state index contributed by atoms with van der Waals surface area (Å²) >= 11 is 0. The third-order valence-corrected chi connectivity index (χ3v) is 20.2. The Hall–Kier alpha value is -2.46. The molecule has 0 rings (SSSR count). The summed E-state index contributed by atoms with van der Waals surface area (Å²) < 4.78 is 68.7. The van der Waals surface area contributed by atoms with E-state index in [9.17, 15) is 43.2 Å². The number of hydrogen-bond acceptors (Lipinski definition) is 15. The Kier molecular flexibility index (Phi) is 70.3. The van der Waals surface area contributed by atoms with Crippen LogP contribution in [0.1, 0.15) is 401 Å². The number of aliphatic hydroxyl groups is 1. The van der Waals surface area contributed by atoms with E-state index >= 15 is 0 Å². The van der Waals surface area contributed by atoms with Crippen molar-refractivity contribution in [1.29, 1.82) is 0 Å². The number of unbranched alkanes of at least 4 members (excludes halogenated alkanes) is 45. The van der Waals surface area contributed by atoms with Gasteiger partial charge in [0.1, 0.15) is 19.3 Å². The van der Waals surface area contributed by atoms with Crippen LogP contribution in [-0.4, -0.2) is 96.7 Å². The molecule has 0 aliphatic rings. The van der Waals surface area contributed by atoms with Crippen molar-refractivity contribution < 1.29 is 80.2 Å². The van der Waals surface area contributed by atoms with E-state index in [1.165, 1.54) is 199 Å². The zero-order chi connectivity index (χ0) is 73.5. The minimum absolute atomic E-state index is 0.0846. The summed E-state index contributed by atoms with van der Waals surface area (Å²) in [6.45, 7) is 9.55. The first-order valence-electron chi connectivity index (χ1n) is 41.3. The highest BCUT2D eigenvalue weighted by Crippen LogP contribution is 2.45. The first-order valence-corrected chi connectivity index (χ1v) is 44.3. The smallest absolute Gasteiger partial charge is 0.462 e. The molecule has 0 fully saturated rings.